The van der Waals surface area contributed by atoms with Gasteiger partial charge in [0, 0.05) is 32.4 Å². The molecule has 0 saturated heterocycles. The van der Waals surface area contributed by atoms with E-state index < -0.39 is 0 Å². The minimum absolute atomic E-state index is 0.202. The number of hydrogen-bond donors (Lipinski definition) is 0. The Morgan fingerprint density at radius 1 is 1.06 bits per heavy atom. The monoisotopic (exact) mass is 441 g/mol. The maximum absolute atomic E-state index is 13.5. The molecule has 0 aliphatic carbocycles. The zero-order valence-electron chi connectivity index (χ0n) is 19.1. The first-order valence-corrected chi connectivity index (χ1v) is 11.2. The first-order chi connectivity index (χ1) is 15.9. The van der Waals surface area contributed by atoms with Gasteiger partial charge in [0.2, 0.25) is 5.95 Å². The highest BCUT2D eigenvalue weighted by Crippen LogP contribution is 2.33. The molecular formula is C26H27N5O2. The summed E-state index contributed by atoms with van der Waals surface area (Å²) in [4.78, 5) is 33.5. The van der Waals surface area contributed by atoms with E-state index in [4.69, 9.17) is 4.98 Å². The molecule has 1 aliphatic rings. The van der Waals surface area contributed by atoms with Crippen LogP contribution in [0.25, 0.3) is 17.2 Å². The molecule has 1 atom stereocenters. The molecule has 2 aromatic heterocycles. The van der Waals surface area contributed by atoms with Crippen molar-refractivity contribution < 1.29 is 0 Å². The van der Waals surface area contributed by atoms with Crippen LogP contribution in [0.3, 0.4) is 0 Å². The molecule has 168 valence electrons. The van der Waals surface area contributed by atoms with Crippen molar-refractivity contribution in [2.24, 2.45) is 13.0 Å². The fourth-order valence-corrected chi connectivity index (χ4v) is 4.54. The number of benzene rings is 2. The summed E-state index contributed by atoms with van der Waals surface area (Å²) in [7, 11) is 1.68. The van der Waals surface area contributed by atoms with Crippen molar-refractivity contribution in [1.29, 1.82) is 0 Å². The highest BCUT2D eigenvalue weighted by molar-refractivity contribution is 5.77. The number of allylic oxidation sites excluding steroid dienone is 1. The third-order valence-corrected chi connectivity index (χ3v) is 6.15. The highest BCUT2D eigenvalue weighted by Gasteiger charge is 2.29. The second kappa shape index (κ2) is 8.24. The minimum Gasteiger partial charge on any atom is -0.312 e. The molecule has 0 spiro atoms. The van der Waals surface area contributed by atoms with Crippen LogP contribution in [0.2, 0.25) is 0 Å². The van der Waals surface area contributed by atoms with Crippen molar-refractivity contribution >= 4 is 28.9 Å². The number of rotatable bonds is 4. The standard InChI is InChI=1S/C26H27N5O2/c1-18-9-7-13-21(15-18)30-16-19(2)17-31-22-23(27-25(30)31)28(3)26(33)29(24(22)32)14-8-12-20-10-5-4-6-11-20/h4-13,15,19H,14,16-17H2,1-3H3/b12-8-/t19-/m0/s1. The Hall–Kier alpha value is -3.87. The van der Waals surface area contributed by atoms with Crippen LogP contribution in [0, 0.1) is 12.8 Å². The molecule has 3 heterocycles. The van der Waals surface area contributed by atoms with Gasteiger partial charge in [-0.1, -0.05) is 61.5 Å². The molecule has 5 rings (SSSR count). The maximum atomic E-state index is 13.5. The molecule has 4 aromatic rings. The quantitative estimate of drug-likeness (QED) is 0.484. The smallest absolute Gasteiger partial charge is 0.312 e. The van der Waals surface area contributed by atoms with E-state index in [1.165, 1.54) is 9.13 Å². The largest absolute Gasteiger partial charge is 0.332 e. The van der Waals surface area contributed by atoms with E-state index in [0.717, 1.165) is 23.4 Å². The van der Waals surface area contributed by atoms with E-state index in [-0.39, 0.29) is 17.8 Å². The van der Waals surface area contributed by atoms with Crippen molar-refractivity contribution in [3.63, 3.8) is 0 Å². The van der Waals surface area contributed by atoms with E-state index in [1.807, 2.05) is 53.1 Å². The second-order valence-corrected chi connectivity index (χ2v) is 8.82. The van der Waals surface area contributed by atoms with Crippen molar-refractivity contribution in [2.75, 3.05) is 11.4 Å². The molecule has 2 aromatic carbocycles. The van der Waals surface area contributed by atoms with Crippen LogP contribution in [0.4, 0.5) is 11.6 Å². The average Bonchev–Trinajstić information content (AvgIpc) is 3.19. The highest BCUT2D eigenvalue weighted by atomic mass is 16.2. The van der Waals surface area contributed by atoms with Crippen LogP contribution >= 0.6 is 0 Å². The summed E-state index contributed by atoms with van der Waals surface area (Å²) in [5.74, 6) is 1.02. The molecule has 7 nitrogen and oxygen atoms in total. The van der Waals surface area contributed by atoms with Crippen LogP contribution < -0.4 is 16.1 Å². The summed E-state index contributed by atoms with van der Waals surface area (Å²) in [6.07, 6.45) is 3.77. The van der Waals surface area contributed by atoms with Gasteiger partial charge in [-0.05, 0) is 36.1 Å². The number of hydrogen-bond acceptors (Lipinski definition) is 4. The summed E-state index contributed by atoms with van der Waals surface area (Å²) < 4.78 is 4.75. The van der Waals surface area contributed by atoms with Crippen molar-refractivity contribution in [3.8, 4) is 0 Å². The van der Waals surface area contributed by atoms with Crippen molar-refractivity contribution in [2.45, 2.75) is 26.9 Å². The average molecular weight is 442 g/mol. The lowest BCUT2D eigenvalue weighted by molar-refractivity contribution is 0.458. The first kappa shape index (κ1) is 21.0. The van der Waals surface area contributed by atoms with Gasteiger partial charge in [0.15, 0.2) is 11.2 Å². The third kappa shape index (κ3) is 3.69. The van der Waals surface area contributed by atoms with Crippen LogP contribution in [0.5, 0.6) is 0 Å². The van der Waals surface area contributed by atoms with Gasteiger partial charge >= 0.3 is 5.69 Å². The van der Waals surface area contributed by atoms with Crippen molar-refractivity contribution in [1.82, 2.24) is 18.7 Å². The molecule has 0 N–H and O–H groups in total. The predicted molar refractivity (Wildman–Crippen MR) is 132 cm³/mol. The van der Waals surface area contributed by atoms with Crippen molar-refractivity contribution in [3.05, 3.63) is 92.6 Å². The third-order valence-electron chi connectivity index (χ3n) is 6.15. The zero-order valence-corrected chi connectivity index (χ0v) is 19.1. The second-order valence-electron chi connectivity index (χ2n) is 8.82. The number of fused-ring (bicyclic) bond motifs is 3. The molecule has 0 fully saturated rings. The fraction of sp³-hybridized carbons (Fsp3) is 0.269. The zero-order chi connectivity index (χ0) is 23.1. The Bertz CT molecular complexity index is 1480. The van der Waals surface area contributed by atoms with E-state index in [0.29, 0.717) is 29.6 Å². The van der Waals surface area contributed by atoms with Gasteiger partial charge in [0.25, 0.3) is 5.56 Å². The molecule has 0 bridgehead atoms. The van der Waals surface area contributed by atoms with Crippen LogP contribution in [-0.4, -0.2) is 25.2 Å². The summed E-state index contributed by atoms with van der Waals surface area (Å²) in [5.41, 5.74) is 3.45. The Kier molecular flexibility index (Phi) is 5.24. The van der Waals surface area contributed by atoms with Gasteiger partial charge in [-0.25, -0.2) is 4.79 Å². The molecular weight excluding hydrogens is 414 g/mol. The van der Waals surface area contributed by atoms with Gasteiger partial charge in [-0.3, -0.25) is 13.9 Å². The molecule has 0 radical (unpaired) electrons. The number of aryl methyl sites for hydroxylation is 2. The molecule has 0 unspecified atom stereocenters. The Morgan fingerprint density at radius 2 is 1.85 bits per heavy atom. The lowest BCUT2D eigenvalue weighted by Gasteiger charge is -2.33. The van der Waals surface area contributed by atoms with E-state index in [1.54, 1.807) is 7.05 Å². The number of aromatic nitrogens is 4. The Morgan fingerprint density at radius 3 is 2.61 bits per heavy atom. The van der Waals surface area contributed by atoms with Gasteiger partial charge < -0.3 is 9.47 Å². The minimum atomic E-state index is -0.365. The van der Waals surface area contributed by atoms with Gasteiger partial charge in [0.1, 0.15) is 0 Å². The van der Waals surface area contributed by atoms with E-state index in [2.05, 4.69) is 36.9 Å². The first-order valence-electron chi connectivity index (χ1n) is 11.2. The Balaban J connectivity index is 1.64. The van der Waals surface area contributed by atoms with Gasteiger partial charge in [-0.15, -0.1) is 0 Å². The summed E-state index contributed by atoms with van der Waals surface area (Å²) >= 11 is 0. The SMILES string of the molecule is Cc1cccc(N2C[C@H](C)Cn3c2nc2c3c(=O)n(C/C=C\c3ccccc3)c(=O)n2C)c1. The van der Waals surface area contributed by atoms with Crippen LogP contribution in [-0.2, 0) is 20.1 Å². The number of nitrogens with zero attached hydrogens (tertiary/aromatic N) is 5. The molecule has 0 saturated carbocycles. The molecule has 1 aliphatic heterocycles. The normalized spacial score (nSPS) is 16.0. The predicted octanol–water partition coefficient (Wildman–Crippen LogP) is 3.71. The lowest BCUT2D eigenvalue weighted by Crippen LogP contribution is -2.40. The number of anilines is 2. The molecule has 7 heteroatoms. The molecule has 0 amide bonds. The summed E-state index contributed by atoms with van der Waals surface area (Å²) in [6, 6.07) is 18.1. The summed E-state index contributed by atoms with van der Waals surface area (Å²) in [6.45, 7) is 5.91. The Labute approximate surface area is 191 Å². The fourth-order valence-electron chi connectivity index (χ4n) is 4.54. The summed E-state index contributed by atoms with van der Waals surface area (Å²) in [5, 5.41) is 0. The lowest BCUT2D eigenvalue weighted by atomic mass is 10.1. The van der Waals surface area contributed by atoms with E-state index >= 15 is 0 Å². The van der Waals surface area contributed by atoms with Gasteiger partial charge in [0.05, 0.1) is 0 Å². The van der Waals surface area contributed by atoms with Crippen LogP contribution in [0.1, 0.15) is 18.1 Å². The van der Waals surface area contributed by atoms with Crippen LogP contribution in [0.15, 0.2) is 70.3 Å². The topological polar surface area (TPSA) is 65.1 Å². The van der Waals surface area contributed by atoms with E-state index in [9.17, 15) is 9.59 Å². The maximum Gasteiger partial charge on any atom is 0.332 e. The number of imidazole rings is 1. The molecule has 33 heavy (non-hydrogen) atoms. The van der Waals surface area contributed by atoms with Gasteiger partial charge in [-0.2, -0.15) is 4.98 Å².